The van der Waals surface area contributed by atoms with Crippen molar-refractivity contribution in [2.75, 3.05) is 24.5 Å². The van der Waals surface area contributed by atoms with Crippen LogP contribution in [0.4, 0.5) is 5.69 Å². The molecule has 94 valence electrons. The average Bonchev–Trinajstić information content (AvgIpc) is 2.31. The molecule has 1 heterocycles. The third kappa shape index (κ3) is 2.61. The van der Waals surface area contributed by atoms with Crippen molar-refractivity contribution in [1.82, 2.24) is 0 Å². The first-order chi connectivity index (χ1) is 8.04. The van der Waals surface area contributed by atoms with E-state index in [2.05, 4.69) is 36.9 Å². The van der Waals surface area contributed by atoms with Gasteiger partial charge in [-0.15, -0.1) is 0 Å². The van der Waals surface area contributed by atoms with Crippen LogP contribution in [0.25, 0.3) is 0 Å². The Morgan fingerprint density at radius 2 is 1.94 bits per heavy atom. The van der Waals surface area contributed by atoms with Gasteiger partial charge in [-0.25, -0.2) is 0 Å². The van der Waals surface area contributed by atoms with Crippen LogP contribution in [0.5, 0.6) is 0 Å². The Bertz CT molecular complexity index is 395. The van der Waals surface area contributed by atoms with Crippen molar-refractivity contribution in [1.29, 1.82) is 0 Å². The van der Waals surface area contributed by atoms with Crippen LogP contribution in [-0.4, -0.2) is 30.3 Å². The molecule has 0 aromatic heterocycles. The van der Waals surface area contributed by atoms with Gasteiger partial charge in [0.25, 0.3) is 0 Å². The van der Waals surface area contributed by atoms with Gasteiger partial charge in [-0.3, -0.25) is 0 Å². The Balaban J connectivity index is 2.10. The summed E-state index contributed by atoms with van der Waals surface area (Å²) >= 11 is 0. The van der Waals surface area contributed by atoms with Gasteiger partial charge in [-0.2, -0.15) is 0 Å². The lowest BCUT2D eigenvalue weighted by Crippen LogP contribution is -2.48. The van der Waals surface area contributed by atoms with Crippen molar-refractivity contribution < 1.29 is 5.11 Å². The highest BCUT2D eigenvalue weighted by atomic mass is 16.3. The minimum atomic E-state index is -0.644. The van der Waals surface area contributed by atoms with Crippen LogP contribution in [0.1, 0.15) is 24.0 Å². The summed E-state index contributed by atoms with van der Waals surface area (Å²) in [6.45, 7) is 6.40. The first-order valence-electron chi connectivity index (χ1n) is 6.29. The van der Waals surface area contributed by atoms with Gasteiger partial charge in [0.2, 0.25) is 0 Å². The lowest BCUT2D eigenvalue weighted by molar-refractivity contribution is 0.0250. The van der Waals surface area contributed by atoms with Gasteiger partial charge in [0.05, 0.1) is 5.60 Å². The molecular formula is C14H22N2O. The molecule has 1 aliphatic rings. The smallest absolute Gasteiger partial charge is 0.0803 e. The van der Waals surface area contributed by atoms with Crippen LogP contribution in [0, 0.1) is 13.8 Å². The molecule has 3 heteroatoms. The molecule has 1 aromatic carbocycles. The minimum Gasteiger partial charge on any atom is -0.388 e. The lowest BCUT2D eigenvalue weighted by Gasteiger charge is -2.39. The van der Waals surface area contributed by atoms with Gasteiger partial charge in [-0.1, -0.05) is 17.7 Å². The molecule has 1 aliphatic heterocycles. The molecule has 1 saturated heterocycles. The van der Waals surface area contributed by atoms with Crippen molar-refractivity contribution in [3.05, 3.63) is 29.3 Å². The number of piperidine rings is 1. The van der Waals surface area contributed by atoms with Crippen LogP contribution in [0.2, 0.25) is 0 Å². The Labute approximate surface area is 103 Å². The van der Waals surface area contributed by atoms with Gasteiger partial charge in [0.1, 0.15) is 0 Å². The zero-order valence-corrected chi connectivity index (χ0v) is 10.7. The lowest BCUT2D eigenvalue weighted by atomic mass is 9.91. The fraction of sp³-hybridized carbons (Fsp3) is 0.571. The van der Waals surface area contributed by atoms with Crippen LogP contribution in [-0.2, 0) is 0 Å². The van der Waals surface area contributed by atoms with Crippen LogP contribution in [0.3, 0.4) is 0 Å². The standard InChI is InChI=1S/C14H22N2O/c1-11-3-4-13(12(2)9-11)16-7-5-14(17,10-15)6-8-16/h3-4,9,17H,5-8,10,15H2,1-2H3. The summed E-state index contributed by atoms with van der Waals surface area (Å²) in [4.78, 5) is 2.35. The topological polar surface area (TPSA) is 49.5 Å². The predicted octanol–water partition coefficient (Wildman–Crippen LogP) is 1.59. The number of anilines is 1. The quantitative estimate of drug-likeness (QED) is 0.817. The fourth-order valence-corrected chi connectivity index (χ4v) is 2.53. The molecule has 0 spiro atoms. The van der Waals surface area contributed by atoms with Gasteiger partial charge in [0, 0.05) is 25.3 Å². The largest absolute Gasteiger partial charge is 0.388 e. The molecule has 1 fully saturated rings. The number of rotatable bonds is 2. The third-order valence-corrected chi connectivity index (χ3v) is 3.77. The van der Waals surface area contributed by atoms with E-state index in [9.17, 15) is 5.11 Å². The highest BCUT2D eigenvalue weighted by molar-refractivity contribution is 5.54. The molecule has 0 saturated carbocycles. The summed E-state index contributed by atoms with van der Waals surface area (Å²) < 4.78 is 0. The monoisotopic (exact) mass is 234 g/mol. The number of hydrogen-bond donors (Lipinski definition) is 2. The van der Waals surface area contributed by atoms with Crippen molar-refractivity contribution >= 4 is 5.69 Å². The molecule has 3 nitrogen and oxygen atoms in total. The molecule has 0 unspecified atom stereocenters. The van der Waals surface area contributed by atoms with E-state index in [4.69, 9.17) is 5.73 Å². The summed E-state index contributed by atoms with van der Waals surface area (Å²) in [6, 6.07) is 6.53. The van der Waals surface area contributed by atoms with Crippen molar-refractivity contribution in [3.63, 3.8) is 0 Å². The SMILES string of the molecule is Cc1ccc(N2CCC(O)(CN)CC2)c(C)c1. The zero-order valence-electron chi connectivity index (χ0n) is 10.7. The number of nitrogens with two attached hydrogens (primary N) is 1. The van der Waals surface area contributed by atoms with Gasteiger partial charge in [0.15, 0.2) is 0 Å². The molecule has 17 heavy (non-hydrogen) atoms. The molecule has 0 bridgehead atoms. The van der Waals surface area contributed by atoms with E-state index in [1.54, 1.807) is 0 Å². The summed E-state index contributed by atoms with van der Waals surface area (Å²) in [7, 11) is 0. The average molecular weight is 234 g/mol. The normalized spacial score (nSPS) is 19.4. The number of hydrogen-bond acceptors (Lipinski definition) is 3. The number of benzene rings is 1. The highest BCUT2D eigenvalue weighted by Crippen LogP contribution is 2.28. The zero-order chi connectivity index (χ0) is 12.5. The van der Waals surface area contributed by atoms with Crippen molar-refractivity contribution in [2.24, 2.45) is 5.73 Å². The first-order valence-corrected chi connectivity index (χ1v) is 6.29. The predicted molar refractivity (Wildman–Crippen MR) is 71.4 cm³/mol. The Hall–Kier alpha value is -1.06. The molecule has 0 aliphatic carbocycles. The molecule has 0 amide bonds. The highest BCUT2D eigenvalue weighted by Gasteiger charge is 2.31. The third-order valence-electron chi connectivity index (χ3n) is 3.77. The van der Waals surface area contributed by atoms with E-state index in [1.807, 2.05) is 0 Å². The number of nitrogens with zero attached hydrogens (tertiary/aromatic N) is 1. The van der Waals surface area contributed by atoms with E-state index in [-0.39, 0.29) is 0 Å². The molecule has 1 aromatic rings. The van der Waals surface area contributed by atoms with Crippen LogP contribution in [0.15, 0.2) is 18.2 Å². The van der Waals surface area contributed by atoms with Crippen molar-refractivity contribution in [2.45, 2.75) is 32.3 Å². The first kappa shape index (κ1) is 12.4. The maximum absolute atomic E-state index is 10.1. The molecule has 3 N–H and O–H groups in total. The van der Waals surface area contributed by atoms with E-state index >= 15 is 0 Å². The summed E-state index contributed by atoms with van der Waals surface area (Å²) in [5.74, 6) is 0. The number of aryl methyl sites for hydroxylation is 2. The maximum atomic E-state index is 10.1. The van der Waals surface area contributed by atoms with Crippen LogP contribution < -0.4 is 10.6 Å². The number of aliphatic hydroxyl groups is 1. The van der Waals surface area contributed by atoms with Gasteiger partial charge in [-0.05, 0) is 38.3 Å². The molecule has 0 atom stereocenters. The van der Waals surface area contributed by atoms with Crippen molar-refractivity contribution in [3.8, 4) is 0 Å². The second-order valence-electron chi connectivity index (χ2n) is 5.21. The van der Waals surface area contributed by atoms with Gasteiger partial charge >= 0.3 is 0 Å². The molecule has 2 rings (SSSR count). The summed E-state index contributed by atoms with van der Waals surface area (Å²) in [5.41, 5.74) is 8.85. The summed E-state index contributed by atoms with van der Waals surface area (Å²) in [6.07, 6.45) is 1.52. The second kappa shape index (κ2) is 4.67. The Morgan fingerprint density at radius 3 is 2.47 bits per heavy atom. The van der Waals surface area contributed by atoms with Gasteiger partial charge < -0.3 is 15.7 Å². The van der Waals surface area contributed by atoms with Crippen LogP contribution >= 0.6 is 0 Å². The molecule has 0 radical (unpaired) electrons. The summed E-state index contributed by atoms with van der Waals surface area (Å²) in [5, 5.41) is 10.1. The molecular weight excluding hydrogens is 212 g/mol. The van der Waals surface area contributed by atoms with E-state index in [1.165, 1.54) is 16.8 Å². The second-order valence-corrected chi connectivity index (χ2v) is 5.21. The Morgan fingerprint density at radius 1 is 1.29 bits per heavy atom. The fourth-order valence-electron chi connectivity index (χ4n) is 2.53. The Kier molecular flexibility index (Phi) is 3.40. The minimum absolute atomic E-state index is 0.369. The van der Waals surface area contributed by atoms with E-state index in [0.717, 1.165) is 25.9 Å². The van der Waals surface area contributed by atoms with E-state index < -0.39 is 5.60 Å². The van der Waals surface area contributed by atoms with E-state index in [0.29, 0.717) is 6.54 Å². The maximum Gasteiger partial charge on any atom is 0.0803 e.